The molecular formula is C13H15F3N2O3S. The first-order valence-corrected chi connectivity index (χ1v) is 7.70. The zero-order chi connectivity index (χ0) is 16.8. The molecule has 0 bridgehead atoms. The van der Waals surface area contributed by atoms with Gasteiger partial charge >= 0.3 is 6.18 Å². The van der Waals surface area contributed by atoms with E-state index in [0.717, 1.165) is 16.4 Å². The molecule has 1 aromatic carbocycles. The van der Waals surface area contributed by atoms with E-state index in [4.69, 9.17) is 10.00 Å². The van der Waals surface area contributed by atoms with E-state index >= 15 is 0 Å². The number of hydrogen-bond acceptors (Lipinski definition) is 4. The van der Waals surface area contributed by atoms with Crippen LogP contribution in [0.25, 0.3) is 0 Å². The number of nitriles is 1. The Kier molecular flexibility index (Phi) is 6.34. The fourth-order valence-corrected chi connectivity index (χ4v) is 3.11. The van der Waals surface area contributed by atoms with Gasteiger partial charge in [-0.15, -0.1) is 0 Å². The van der Waals surface area contributed by atoms with Gasteiger partial charge in [-0.1, -0.05) is 0 Å². The van der Waals surface area contributed by atoms with Crippen LogP contribution in [0.15, 0.2) is 29.2 Å². The molecule has 122 valence electrons. The van der Waals surface area contributed by atoms with Gasteiger partial charge in [0.05, 0.1) is 23.1 Å². The quantitative estimate of drug-likeness (QED) is 0.766. The van der Waals surface area contributed by atoms with Crippen molar-refractivity contribution >= 4 is 10.0 Å². The van der Waals surface area contributed by atoms with Crippen molar-refractivity contribution in [2.24, 2.45) is 0 Å². The zero-order valence-electron chi connectivity index (χ0n) is 11.8. The van der Waals surface area contributed by atoms with Crippen molar-refractivity contribution in [3.63, 3.8) is 0 Å². The molecule has 5 nitrogen and oxygen atoms in total. The highest BCUT2D eigenvalue weighted by molar-refractivity contribution is 7.89. The standard InChI is InChI=1S/C13H15F3N2O3S/c1-21-10-9-18(8-2-7-17)22(19,20)12-5-3-11(4-6-12)13(14,15)16/h3-6H,2,8-10H2,1H3. The summed E-state index contributed by atoms with van der Waals surface area (Å²) in [5.74, 6) is 0. The molecule has 0 N–H and O–H groups in total. The number of alkyl halides is 3. The van der Waals surface area contributed by atoms with E-state index in [1.807, 2.05) is 6.07 Å². The van der Waals surface area contributed by atoms with Crippen LogP contribution >= 0.6 is 0 Å². The molecule has 0 saturated carbocycles. The van der Waals surface area contributed by atoms with Gasteiger partial charge in [0.15, 0.2) is 0 Å². The number of rotatable bonds is 7. The van der Waals surface area contributed by atoms with Crippen molar-refractivity contribution in [3.8, 4) is 6.07 Å². The summed E-state index contributed by atoms with van der Waals surface area (Å²) in [6, 6.07) is 5.07. The average Bonchev–Trinajstić information content (AvgIpc) is 2.46. The summed E-state index contributed by atoms with van der Waals surface area (Å²) >= 11 is 0. The average molecular weight is 336 g/mol. The van der Waals surface area contributed by atoms with Crippen LogP contribution in [0.4, 0.5) is 13.2 Å². The fourth-order valence-electron chi connectivity index (χ4n) is 1.68. The van der Waals surface area contributed by atoms with E-state index in [0.29, 0.717) is 12.1 Å². The van der Waals surface area contributed by atoms with Crippen LogP contribution in [0.5, 0.6) is 0 Å². The lowest BCUT2D eigenvalue weighted by atomic mass is 10.2. The number of ether oxygens (including phenoxy) is 1. The maximum atomic E-state index is 12.5. The van der Waals surface area contributed by atoms with Gasteiger partial charge in [-0.05, 0) is 24.3 Å². The zero-order valence-corrected chi connectivity index (χ0v) is 12.6. The summed E-state index contributed by atoms with van der Waals surface area (Å²) in [5.41, 5.74) is -0.924. The van der Waals surface area contributed by atoms with Crippen molar-refractivity contribution in [1.82, 2.24) is 4.31 Å². The Morgan fingerprint density at radius 2 is 1.82 bits per heavy atom. The molecular weight excluding hydrogens is 321 g/mol. The van der Waals surface area contributed by atoms with Crippen LogP contribution < -0.4 is 0 Å². The second-order valence-corrected chi connectivity index (χ2v) is 6.27. The van der Waals surface area contributed by atoms with Crippen LogP contribution in [0.1, 0.15) is 12.0 Å². The fraction of sp³-hybridized carbons (Fsp3) is 0.462. The Bertz CT molecular complexity index is 621. The summed E-state index contributed by atoms with van der Waals surface area (Å²) in [7, 11) is -2.58. The Balaban J connectivity index is 3.05. The van der Waals surface area contributed by atoms with Crippen molar-refractivity contribution in [2.75, 3.05) is 26.8 Å². The molecule has 9 heteroatoms. The van der Waals surface area contributed by atoms with E-state index < -0.39 is 21.8 Å². The second-order valence-electron chi connectivity index (χ2n) is 4.33. The number of hydrogen-bond donors (Lipinski definition) is 0. The summed E-state index contributed by atoms with van der Waals surface area (Å²) in [6.45, 7) is 0.0794. The van der Waals surface area contributed by atoms with Crippen molar-refractivity contribution < 1.29 is 26.3 Å². The highest BCUT2D eigenvalue weighted by atomic mass is 32.2. The molecule has 0 atom stereocenters. The summed E-state index contributed by atoms with van der Waals surface area (Å²) < 4.78 is 68.1. The number of benzene rings is 1. The van der Waals surface area contributed by atoms with E-state index in [-0.39, 0.29) is 31.0 Å². The Labute approximate surface area is 127 Å². The Hall–Kier alpha value is -1.63. The van der Waals surface area contributed by atoms with E-state index in [1.54, 1.807) is 0 Å². The predicted molar refractivity (Wildman–Crippen MR) is 72.3 cm³/mol. The third-order valence-corrected chi connectivity index (χ3v) is 4.75. The molecule has 0 unspecified atom stereocenters. The predicted octanol–water partition coefficient (Wildman–Crippen LogP) is 2.26. The van der Waals surface area contributed by atoms with Gasteiger partial charge in [0.25, 0.3) is 0 Å². The lowest BCUT2D eigenvalue weighted by molar-refractivity contribution is -0.137. The topological polar surface area (TPSA) is 70.4 Å². The van der Waals surface area contributed by atoms with Gasteiger partial charge < -0.3 is 4.74 Å². The summed E-state index contributed by atoms with van der Waals surface area (Å²) in [4.78, 5) is -0.255. The largest absolute Gasteiger partial charge is 0.416 e. The number of methoxy groups -OCH3 is 1. The molecule has 0 fully saturated rings. The first kappa shape index (κ1) is 18.4. The first-order chi connectivity index (χ1) is 10.2. The van der Waals surface area contributed by atoms with Crippen LogP contribution in [0.2, 0.25) is 0 Å². The molecule has 0 aliphatic heterocycles. The van der Waals surface area contributed by atoms with E-state index in [2.05, 4.69) is 0 Å². The lowest BCUT2D eigenvalue weighted by Gasteiger charge is -2.21. The number of halogens is 3. The number of nitrogens with zero attached hydrogens (tertiary/aromatic N) is 2. The Morgan fingerprint density at radius 3 is 2.27 bits per heavy atom. The molecule has 0 amide bonds. The molecule has 0 radical (unpaired) electrons. The van der Waals surface area contributed by atoms with Gasteiger partial charge in [-0.2, -0.15) is 22.7 Å². The maximum absolute atomic E-state index is 12.5. The smallest absolute Gasteiger partial charge is 0.383 e. The minimum atomic E-state index is -4.53. The van der Waals surface area contributed by atoms with Crippen molar-refractivity contribution in [1.29, 1.82) is 5.26 Å². The summed E-state index contributed by atoms with van der Waals surface area (Å²) in [6.07, 6.45) is -4.55. The Morgan fingerprint density at radius 1 is 1.23 bits per heavy atom. The van der Waals surface area contributed by atoms with E-state index in [9.17, 15) is 21.6 Å². The molecule has 1 aromatic rings. The SMILES string of the molecule is COCCN(CCC#N)S(=O)(=O)c1ccc(C(F)(F)F)cc1. The van der Waals surface area contributed by atoms with Crippen LogP contribution in [-0.2, 0) is 20.9 Å². The first-order valence-electron chi connectivity index (χ1n) is 6.26. The minimum Gasteiger partial charge on any atom is -0.383 e. The van der Waals surface area contributed by atoms with Crippen molar-refractivity contribution in [3.05, 3.63) is 29.8 Å². The van der Waals surface area contributed by atoms with Gasteiger partial charge in [0, 0.05) is 26.6 Å². The van der Waals surface area contributed by atoms with Gasteiger partial charge in [0.1, 0.15) is 0 Å². The van der Waals surface area contributed by atoms with Gasteiger partial charge in [-0.3, -0.25) is 0 Å². The van der Waals surface area contributed by atoms with Crippen LogP contribution in [-0.4, -0.2) is 39.5 Å². The van der Waals surface area contributed by atoms with Gasteiger partial charge in [0.2, 0.25) is 10.0 Å². The molecule has 22 heavy (non-hydrogen) atoms. The minimum absolute atomic E-state index is 0.0154. The normalized spacial score (nSPS) is 12.4. The van der Waals surface area contributed by atoms with Gasteiger partial charge in [-0.25, -0.2) is 8.42 Å². The second kappa shape index (κ2) is 7.58. The van der Waals surface area contributed by atoms with E-state index in [1.165, 1.54) is 7.11 Å². The molecule has 1 rings (SSSR count). The number of sulfonamides is 1. The third-order valence-electron chi connectivity index (χ3n) is 2.84. The molecule has 0 spiro atoms. The molecule has 0 aromatic heterocycles. The third kappa shape index (κ3) is 4.69. The molecule has 0 saturated heterocycles. The summed E-state index contributed by atoms with van der Waals surface area (Å²) in [5, 5.41) is 8.58. The van der Waals surface area contributed by atoms with Crippen LogP contribution in [0.3, 0.4) is 0 Å². The highest BCUT2D eigenvalue weighted by Crippen LogP contribution is 2.30. The maximum Gasteiger partial charge on any atom is 0.416 e. The molecule has 0 aliphatic rings. The lowest BCUT2D eigenvalue weighted by Crippen LogP contribution is -2.34. The van der Waals surface area contributed by atoms with Crippen LogP contribution in [0, 0.1) is 11.3 Å². The molecule has 0 heterocycles. The highest BCUT2D eigenvalue weighted by Gasteiger charge is 2.31. The van der Waals surface area contributed by atoms with Crippen molar-refractivity contribution in [2.45, 2.75) is 17.5 Å². The monoisotopic (exact) mass is 336 g/mol. The molecule has 0 aliphatic carbocycles.